The van der Waals surface area contributed by atoms with Gasteiger partial charge in [0.1, 0.15) is 20.0 Å². The van der Waals surface area contributed by atoms with E-state index in [4.69, 9.17) is 0 Å². The molecule has 182 valence electrons. The monoisotopic (exact) mass is 510 g/mol. The van der Waals surface area contributed by atoms with E-state index >= 15 is 0 Å². The molecular formula is C30H30N4S2. The SMILES string of the molecule is CC(C)(C)c1cccc(-c2nnc(-c3cccc(-c4nnc(-c5cccc(C(C)(C)C)c5)s4)c3)s2)c1. The summed E-state index contributed by atoms with van der Waals surface area (Å²) in [5.41, 5.74) is 7.04. The molecule has 5 aromatic rings. The second kappa shape index (κ2) is 9.34. The molecule has 0 amide bonds. The van der Waals surface area contributed by atoms with Crippen LogP contribution in [0.3, 0.4) is 0 Å². The van der Waals surface area contributed by atoms with Gasteiger partial charge in [-0.15, -0.1) is 20.4 Å². The molecule has 0 aliphatic rings. The molecule has 0 atom stereocenters. The summed E-state index contributed by atoms with van der Waals surface area (Å²) in [5, 5.41) is 21.7. The van der Waals surface area contributed by atoms with E-state index in [9.17, 15) is 0 Å². The van der Waals surface area contributed by atoms with E-state index in [1.165, 1.54) is 11.1 Å². The van der Waals surface area contributed by atoms with Crippen LogP contribution in [0.4, 0.5) is 0 Å². The largest absolute Gasteiger partial charge is 0.148 e. The maximum absolute atomic E-state index is 4.51. The van der Waals surface area contributed by atoms with Gasteiger partial charge in [0.15, 0.2) is 0 Å². The molecule has 0 aliphatic heterocycles. The lowest BCUT2D eigenvalue weighted by atomic mass is 9.86. The lowest BCUT2D eigenvalue weighted by molar-refractivity contribution is 0.590. The molecule has 0 N–H and O–H groups in total. The number of aromatic nitrogens is 4. The molecule has 2 heterocycles. The van der Waals surface area contributed by atoms with E-state index in [0.29, 0.717) is 0 Å². The van der Waals surface area contributed by atoms with Crippen LogP contribution in [0, 0.1) is 0 Å². The normalized spacial score (nSPS) is 12.2. The molecule has 0 unspecified atom stereocenters. The second-order valence-corrected chi connectivity index (χ2v) is 13.0. The first kappa shape index (κ1) is 24.5. The Morgan fingerprint density at radius 2 is 0.750 bits per heavy atom. The number of hydrogen-bond acceptors (Lipinski definition) is 6. The second-order valence-electron chi connectivity index (χ2n) is 11.1. The van der Waals surface area contributed by atoms with Gasteiger partial charge in [-0.2, -0.15) is 0 Å². The maximum Gasteiger partial charge on any atom is 0.148 e. The van der Waals surface area contributed by atoms with Crippen LogP contribution >= 0.6 is 22.7 Å². The van der Waals surface area contributed by atoms with Gasteiger partial charge >= 0.3 is 0 Å². The van der Waals surface area contributed by atoms with E-state index in [1.54, 1.807) is 22.7 Å². The zero-order valence-electron chi connectivity index (χ0n) is 21.5. The van der Waals surface area contributed by atoms with E-state index in [2.05, 4.69) is 129 Å². The van der Waals surface area contributed by atoms with Crippen LogP contribution in [0.5, 0.6) is 0 Å². The Morgan fingerprint density at radius 1 is 0.444 bits per heavy atom. The smallest absolute Gasteiger partial charge is 0.138 e. The first-order valence-corrected chi connectivity index (χ1v) is 13.7. The molecule has 0 spiro atoms. The molecule has 0 fully saturated rings. The molecule has 0 aliphatic carbocycles. The summed E-state index contributed by atoms with van der Waals surface area (Å²) in [6.45, 7) is 13.4. The summed E-state index contributed by atoms with van der Waals surface area (Å²) in [5.74, 6) is 0. The van der Waals surface area contributed by atoms with Crippen molar-refractivity contribution in [3.8, 4) is 42.3 Å². The van der Waals surface area contributed by atoms with Crippen LogP contribution in [0.15, 0.2) is 72.8 Å². The van der Waals surface area contributed by atoms with Gasteiger partial charge in [-0.1, -0.05) is 119 Å². The van der Waals surface area contributed by atoms with Gasteiger partial charge in [0.05, 0.1) is 0 Å². The summed E-state index contributed by atoms with van der Waals surface area (Å²) in [6.07, 6.45) is 0. The molecule has 5 rings (SSSR count). The molecule has 3 aromatic carbocycles. The predicted octanol–water partition coefficient (Wildman–Crippen LogP) is 8.65. The van der Waals surface area contributed by atoms with E-state index < -0.39 is 0 Å². The van der Waals surface area contributed by atoms with Crippen molar-refractivity contribution < 1.29 is 0 Å². The molecule has 6 heteroatoms. The first-order valence-electron chi connectivity index (χ1n) is 12.1. The van der Waals surface area contributed by atoms with E-state index in [-0.39, 0.29) is 10.8 Å². The van der Waals surface area contributed by atoms with Crippen LogP contribution in [0.1, 0.15) is 52.7 Å². The van der Waals surface area contributed by atoms with Crippen LogP contribution in [-0.2, 0) is 10.8 Å². The van der Waals surface area contributed by atoms with Crippen molar-refractivity contribution in [3.05, 3.63) is 83.9 Å². The minimum absolute atomic E-state index is 0.0898. The molecular weight excluding hydrogens is 480 g/mol. The van der Waals surface area contributed by atoms with Crippen LogP contribution in [0.2, 0.25) is 0 Å². The van der Waals surface area contributed by atoms with E-state index in [1.807, 2.05) is 6.07 Å². The summed E-state index contributed by atoms with van der Waals surface area (Å²) in [6, 6.07) is 25.5. The highest BCUT2D eigenvalue weighted by Gasteiger charge is 2.18. The first-order chi connectivity index (χ1) is 17.1. The fraction of sp³-hybridized carbons (Fsp3) is 0.267. The number of hydrogen-bond donors (Lipinski definition) is 0. The average Bonchev–Trinajstić information content (AvgIpc) is 3.54. The Balaban J connectivity index is 1.42. The minimum Gasteiger partial charge on any atom is -0.138 e. The number of benzene rings is 3. The molecule has 2 aromatic heterocycles. The maximum atomic E-state index is 4.51. The van der Waals surface area contributed by atoms with E-state index in [0.717, 1.165) is 42.3 Å². The van der Waals surface area contributed by atoms with Gasteiger partial charge in [-0.25, -0.2) is 0 Å². The molecule has 0 radical (unpaired) electrons. The number of rotatable bonds is 4. The van der Waals surface area contributed by atoms with Crippen LogP contribution < -0.4 is 0 Å². The highest BCUT2D eigenvalue weighted by Crippen LogP contribution is 2.36. The van der Waals surface area contributed by atoms with Gasteiger partial charge in [-0.3, -0.25) is 0 Å². The van der Waals surface area contributed by atoms with Crippen molar-refractivity contribution in [3.63, 3.8) is 0 Å². The molecule has 0 saturated heterocycles. The van der Waals surface area contributed by atoms with Gasteiger partial charge in [0.25, 0.3) is 0 Å². The van der Waals surface area contributed by atoms with Crippen molar-refractivity contribution in [1.29, 1.82) is 0 Å². The van der Waals surface area contributed by atoms with Gasteiger partial charge in [-0.05, 0) is 40.2 Å². The topological polar surface area (TPSA) is 51.6 Å². The fourth-order valence-corrected chi connectivity index (χ4v) is 5.61. The summed E-state index contributed by atoms with van der Waals surface area (Å²) in [7, 11) is 0. The molecule has 36 heavy (non-hydrogen) atoms. The van der Waals surface area contributed by atoms with Crippen molar-refractivity contribution in [2.75, 3.05) is 0 Å². The number of nitrogens with zero attached hydrogens (tertiary/aromatic N) is 4. The van der Waals surface area contributed by atoms with Crippen LogP contribution in [0.25, 0.3) is 42.3 Å². The molecule has 0 saturated carbocycles. The Morgan fingerprint density at radius 3 is 1.08 bits per heavy atom. The molecule has 4 nitrogen and oxygen atoms in total. The third-order valence-corrected chi connectivity index (χ3v) is 8.20. The Hall–Kier alpha value is -3.22. The zero-order chi connectivity index (χ0) is 25.5. The van der Waals surface area contributed by atoms with Gasteiger partial charge in [0, 0.05) is 22.3 Å². The summed E-state index contributed by atoms with van der Waals surface area (Å²) < 4.78 is 0. The predicted molar refractivity (Wildman–Crippen MR) is 153 cm³/mol. The Labute approximate surface area is 221 Å². The third-order valence-electron chi connectivity index (χ3n) is 6.16. The van der Waals surface area contributed by atoms with Crippen molar-refractivity contribution >= 4 is 22.7 Å². The van der Waals surface area contributed by atoms with Crippen molar-refractivity contribution in [2.45, 2.75) is 52.4 Å². The summed E-state index contributed by atoms with van der Waals surface area (Å²) >= 11 is 3.23. The van der Waals surface area contributed by atoms with Gasteiger partial charge < -0.3 is 0 Å². The standard InChI is InChI=1S/C30H30N4S2/c1-29(2,3)23-14-8-12-21(17-23)27-33-31-25(35-27)19-10-7-11-20(16-19)26-32-34-28(36-26)22-13-9-15-24(18-22)30(4,5)6/h7-18H,1-6H3. The minimum atomic E-state index is 0.0898. The fourth-order valence-electron chi connectivity index (χ4n) is 3.94. The third kappa shape index (κ3) is 5.15. The average molecular weight is 511 g/mol. The highest BCUT2D eigenvalue weighted by molar-refractivity contribution is 7.18. The lowest BCUT2D eigenvalue weighted by Crippen LogP contribution is -2.10. The Bertz CT molecular complexity index is 1410. The van der Waals surface area contributed by atoms with Crippen molar-refractivity contribution in [1.82, 2.24) is 20.4 Å². The summed E-state index contributed by atoms with van der Waals surface area (Å²) in [4.78, 5) is 0. The highest BCUT2D eigenvalue weighted by atomic mass is 32.1. The Kier molecular flexibility index (Phi) is 6.35. The quantitative estimate of drug-likeness (QED) is 0.243. The van der Waals surface area contributed by atoms with Gasteiger partial charge in [0.2, 0.25) is 0 Å². The van der Waals surface area contributed by atoms with Crippen molar-refractivity contribution in [2.24, 2.45) is 0 Å². The van der Waals surface area contributed by atoms with Crippen LogP contribution in [-0.4, -0.2) is 20.4 Å². The molecule has 0 bridgehead atoms. The zero-order valence-corrected chi connectivity index (χ0v) is 23.2. The lowest BCUT2D eigenvalue weighted by Gasteiger charge is -2.19.